The summed E-state index contributed by atoms with van der Waals surface area (Å²) < 4.78 is 0. The van der Waals surface area contributed by atoms with Gasteiger partial charge in [0.15, 0.2) is 0 Å². The lowest BCUT2D eigenvalue weighted by atomic mass is 10.1. The van der Waals surface area contributed by atoms with Gasteiger partial charge >= 0.3 is 0 Å². The molecule has 0 radical (unpaired) electrons. The normalized spacial score (nSPS) is 9.84. The topological polar surface area (TPSA) is 49.4 Å². The Labute approximate surface area is 114 Å². The van der Waals surface area contributed by atoms with Crippen LogP contribution < -0.4 is 5.32 Å². The molecule has 102 valence electrons. The van der Waals surface area contributed by atoms with Gasteiger partial charge in [-0.15, -0.1) is 0 Å². The van der Waals surface area contributed by atoms with Gasteiger partial charge in [-0.25, -0.2) is 0 Å². The molecular weight excluding hydrogens is 240 g/mol. The van der Waals surface area contributed by atoms with E-state index in [2.05, 4.69) is 11.9 Å². The fourth-order valence-electron chi connectivity index (χ4n) is 1.68. The van der Waals surface area contributed by atoms with Crippen molar-refractivity contribution in [3.05, 3.63) is 42.0 Å². The Morgan fingerprint density at radius 3 is 2.63 bits per heavy atom. The van der Waals surface area contributed by atoms with Crippen LogP contribution in [0, 0.1) is 0 Å². The molecule has 4 nitrogen and oxygen atoms in total. The summed E-state index contributed by atoms with van der Waals surface area (Å²) in [4.78, 5) is 25.1. The van der Waals surface area contributed by atoms with E-state index in [1.165, 1.54) is 0 Å². The van der Waals surface area contributed by atoms with E-state index >= 15 is 0 Å². The molecule has 1 aromatic carbocycles. The van der Waals surface area contributed by atoms with E-state index in [0.29, 0.717) is 24.2 Å². The molecular formula is C15H20N2O2. The zero-order chi connectivity index (χ0) is 14.4. The monoisotopic (exact) mass is 260 g/mol. The Kier molecular flexibility index (Phi) is 5.30. The predicted octanol–water partition coefficient (Wildman–Crippen LogP) is 2.68. The largest absolute Gasteiger partial charge is 0.338 e. The number of carbonyl (C=O) groups is 2. The van der Waals surface area contributed by atoms with Crippen molar-refractivity contribution in [2.75, 3.05) is 18.9 Å². The standard InChI is InChI=1S/C15H20N2O2/c1-5-14(18)16-13-8-6-7-12(9-13)15(19)17(4)10-11(2)3/h6-9H,2,5,10H2,1,3-4H3,(H,16,18). The number of nitrogens with zero attached hydrogens (tertiary/aromatic N) is 1. The second-order valence-electron chi connectivity index (χ2n) is 4.60. The number of anilines is 1. The van der Waals surface area contributed by atoms with Crippen LogP contribution in [0.25, 0.3) is 0 Å². The van der Waals surface area contributed by atoms with Crippen LogP contribution >= 0.6 is 0 Å². The van der Waals surface area contributed by atoms with Gasteiger partial charge in [-0.2, -0.15) is 0 Å². The van der Waals surface area contributed by atoms with E-state index in [4.69, 9.17) is 0 Å². The van der Waals surface area contributed by atoms with Crippen molar-refractivity contribution in [2.24, 2.45) is 0 Å². The van der Waals surface area contributed by atoms with Crippen molar-refractivity contribution in [2.45, 2.75) is 20.3 Å². The lowest BCUT2D eigenvalue weighted by Crippen LogP contribution is -2.28. The smallest absolute Gasteiger partial charge is 0.253 e. The fraction of sp³-hybridized carbons (Fsp3) is 0.333. The Balaban J connectivity index is 2.83. The van der Waals surface area contributed by atoms with E-state index in [-0.39, 0.29) is 11.8 Å². The number of amides is 2. The van der Waals surface area contributed by atoms with E-state index in [1.54, 1.807) is 43.1 Å². The SMILES string of the molecule is C=C(C)CN(C)C(=O)c1cccc(NC(=O)CC)c1. The summed E-state index contributed by atoms with van der Waals surface area (Å²) >= 11 is 0. The summed E-state index contributed by atoms with van der Waals surface area (Å²) in [5.74, 6) is -0.157. The van der Waals surface area contributed by atoms with Crippen LogP contribution in [0.5, 0.6) is 0 Å². The summed E-state index contributed by atoms with van der Waals surface area (Å²) in [6.45, 7) is 7.97. The molecule has 0 saturated heterocycles. The highest BCUT2D eigenvalue weighted by atomic mass is 16.2. The van der Waals surface area contributed by atoms with Gasteiger partial charge < -0.3 is 10.2 Å². The molecule has 1 aromatic rings. The van der Waals surface area contributed by atoms with Gasteiger partial charge in [0, 0.05) is 31.3 Å². The molecule has 0 bridgehead atoms. The molecule has 0 aliphatic rings. The first kappa shape index (κ1) is 15.0. The highest BCUT2D eigenvalue weighted by molar-refractivity contribution is 5.97. The second-order valence-corrected chi connectivity index (χ2v) is 4.60. The Morgan fingerprint density at radius 2 is 2.05 bits per heavy atom. The van der Waals surface area contributed by atoms with Crippen molar-refractivity contribution in [3.8, 4) is 0 Å². The Hall–Kier alpha value is -2.10. The van der Waals surface area contributed by atoms with Gasteiger partial charge in [-0.1, -0.05) is 25.1 Å². The third-order valence-corrected chi connectivity index (χ3v) is 2.57. The van der Waals surface area contributed by atoms with Crippen LogP contribution in [-0.2, 0) is 4.79 Å². The van der Waals surface area contributed by atoms with Crippen molar-refractivity contribution < 1.29 is 9.59 Å². The molecule has 0 atom stereocenters. The van der Waals surface area contributed by atoms with E-state index in [9.17, 15) is 9.59 Å². The predicted molar refractivity (Wildman–Crippen MR) is 77.1 cm³/mol. The molecule has 1 N–H and O–H groups in total. The van der Waals surface area contributed by atoms with Gasteiger partial charge in [0.25, 0.3) is 5.91 Å². The van der Waals surface area contributed by atoms with Crippen LogP contribution in [0.15, 0.2) is 36.4 Å². The van der Waals surface area contributed by atoms with Crippen LogP contribution in [0.3, 0.4) is 0 Å². The van der Waals surface area contributed by atoms with Crippen LogP contribution in [-0.4, -0.2) is 30.3 Å². The number of benzene rings is 1. The van der Waals surface area contributed by atoms with Gasteiger partial charge in [0.1, 0.15) is 0 Å². The first-order valence-electron chi connectivity index (χ1n) is 6.23. The third kappa shape index (κ3) is 4.58. The van der Waals surface area contributed by atoms with Crippen LogP contribution in [0.2, 0.25) is 0 Å². The second kappa shape index (κ2) is 6.73. The molecule has 0 aromatic heterocycles. The number of hydrogen-bond donors (Lipinski definition) is 1. The molecule has 0 fully saturated rings. The summed E-state index contributed by atoms with van der Waals surface area (Å²) in [5, 5.41) is 2.74. The average Bonchev–Trinajstić information content (AvgIpc) is 2.37. The lowest BCUT2D eigenvalue weighted by molar-refractivity contribution is -0.115. The minimum atomic E-state index is -0.0874. The number of likely N-dealkylation sites (N-methyl/N-ethyl adjacent to an activating group) is 1. The third-order valence-electron chi connectivity index (χ3n) is 2.57. The number of carbonyl (C=O) groups excluding carboxylic acids is 2. The minimum absolute atomic E-state index is 0.0695. The molecule has 0 spiro atoms. The zero-order valence-electron chi connectivity index (χ0n) is 11.7. The van der Waals surface area contributed by atoms with Gasteiger partial charge in [-0.3, -0.25) is 9.59 Å². The van der Waals surface area contributed by atoms with Gasteiger partial charge in [0.2, 0.25) is 5.91 Å². The molecule has 1 rings (SSSR count). The first-order chi connectivity index (χ1) is 8.93. The first-order valence-corrected chi connectivity index (χ1v) is 6.23. The lowest BCUT2D eigenvalue weighted by Gasteiger charge is -2.17. The average molecular weight is 260 g/mol. The summed E-state index contributed by atoms with van der Waals surface area (Å²) in [6.07, 6.45) is 0.410. The minimum Gasteiger partial charge on any atom is -0.338 e. The van der Waals surface area contributed by atoms with Crippen molar-refractivity contribution >= 4 is 17.5 Å². The number of rotatable bonds is 5. The maximum atomic E-state index is 12.2. The highest BCUT2D eigenvalue weighted by Gasteiger charge is 2.12. The van der Waals surface area contributed by atoms with Crippen molar-refractivity contribution in [1.82, 2.24) is 4.90 Å². The molecule has 0 unspecified atom stereocenters. The molecule has 0 aliphatic heterocycles. The summed E-state index contributed by atoms with van der Waals surface area (Å²) in [6, 6.07) is 6.94. The van der Waals surface area contributed by atoms with Gasteiger partial charge in [-0.05, 0) is 25.1 Å². The van der Waals surface area contributed by atoms with E-state index in [1.807, 2.05) is 6.92 Å². The van der Waals surface area contributed by atoms with Crippen molar-refractivity contribution in [3.63, 3.8) is 0 Å². The molecule has 2 amide bonds. The number of hydrogen-bond acceptors (Lipinski definition) is 2. The zero-order valence-corrected chi connectivity index (χ0v) is 11.7. The molecule has 4 heteroatoms. The summed E-state index contributed by atoms with van der Waals surface area (Å²) in [5.41, 5.74) is 2.12. The Morgan fingerprint density at radius 1 is 1.37 bits per heavy atom. The summed E-state index contributed by atoms with van der Waals surface area (Å²) in [7, 11) is 1.73. The molecule has 0 heterocycles. The van der Waals surface area contributed by atoms with E-state index in [0.717, 1.165) is 5.57 Å². The maximum Gasteiger partial charge on any atom is 0.253 e. The molecule has 19 heavy (non-hydrogen) atoms. The van der Waals surface area contributed by atoms with Crippen LogP contribution in [0.1, 0.15) is 30.6 Å². The maximum absolute atomic E-state index is 12.2. The number of nitrogens with one attached hydrogen (secondary N) is 1. The highest BCUT2D eigenvalue weighted by Crippen LogP contribution is 2.13. The quantitative estimate of drug-likeness (QED) is 0.827. The van der Waals surface area contributed by atoms with E-state index < -0.39 is 0 Å². The molecule has 0 saturated carbocycles. The van der Waals surface area contributed by atoms with Crippen LogP contribution in [0.4, 0.5) is 5.69 Å². The van der Waals surface area contributed by atoms with Crippen molar-refractivity contribution in [1.29, 1.82) is 0 Å². The fourth-order valence-corrected chi connectivity index (χ4v) is 1.68. The molecule has 0 aliphatic carbocycles. The Bertz CT molecular complexity index is 495. The van der Waals surface area contributed by atoms with Gasteiger partial charge in [0.05, 0.1) is 0 Å².